The van der Waals surface area contributed by atoms with Gasteiger partial charge in [0, 0.05) is 29.2 Å². The van der Waals surface area contributed by atoms with Gasteiger partial charge in [-0.1, -0.05) is 11.6 Å². The second-order valence-corrected chi connectivity index (χ2v) is 3.29. The van der Waals surface area contributed by atoms with Crippen LogP contribution in [0.1, 0.15) is 10.4 Å². The van der Waals surface area contributed by atoms with E-state index in [0.717, 1.165) is 11.7 Å². The predicted octanol–water partition coefficient (Wildman–Crippen LogP) is 2.04. The van der Waals surface area contributed by atoms with Crippen LogP contribution in [-0.2, 0) is 7.05 Å². The minimum absolute atomic E-state index is 0.531. The molecule has 13 heavy (non-hydrogen) atoms. The third-order valence-corrected chi connectivity index (χ3v) is 2.06. The molecule has 1 aromatic carbocycles. The van der Waals surface area contributed by atoms with Crippen molar-refractivity contribution in [2.45, 2.75) is 0 Å². The lowest BCUT2D eigenvalue weighted by molar-refractivity contribution is 0.112. The van der Waals surface area contributed by atoms with E-state index >= 15 is 0 Å². The average Bonchev–Trinajstić information content (AvgIpc) is 2.43. The molecule has 0 bridgehead atoms. The largest absolute Gasteiger partial charge is 0.298 e. The maximum atomic E-state index is 10.7. The van der Waals surface area contributed by atoms with Gasteiger partial charge in [-0.25, -0.2) is 0 Å². The Bertz CT molecular complexity index is 476. The Hall–Kier alpha value is -1.35. The van der Waals surface area contributed by atoms with Gasteiger partial charge in [-0.3, -0.25) is 9.48 Å². The van der Waals surface area contributed by atoms with Crippen molar-refractivity contribution in [3.05, 3.63) is 28.9 Å². The van der Waals surface area contributed by atoms with Gasteiger partial charge in [0.2, 0.25) is 0 Å². The van der Waals surface area contributed by atoms with E-state index in [1.54, 1.807) is 16.8 Å². The number of hydrogen-bond donors (Lipinski definition) is 0. The van der Waals surface area contributed by atoms with E-state index < -0.39 is 0 Å². The molecule has 0 N–H and O–H groups in total. The number of carbonyl (C=O) groups is 1. The standard InChI is InChI=1S/C9H7ClN2O/c1-12-4-6-2-8(10)3-7(5-13)9(6)11-12/h2-5H,1H3. The summed E-state index contributed by atoms with van der Waals surface area (Å²) in [5.74, 6) is 0. The van der Waals surface area contributed by atoms with Crippen molar-refractivity contribution in [3.8, 4) is 0 Å². The van der Waals surface area contributed by atoms with E-state index in [0.29, 0.717) is 16.1 Å². The Labute approximate surface area is 79.9 Å². The molecule has 4 heteroatoms. The van der Waals surface area contributed by atoms with E-state index in [1.807, 2.05) is 13.2 Å². The molecule has 0 saturated carbocycles. The summed E-state index contributed by atoms with van der Waals surface area (Å²) >= 11 is 5.82. The number of halogens is 1. The fourth-order valence-corrected chi connectivity index (χ4v) is 1.57. The Kier molecular flexibility index (Phi) is 1.81. The number of benzene rings is 1. The van der Waals surface area contributed by atoms with Crippen molar-refractivity contribution in [1.29, 1.82) is 0 Å². The molecule has 0 atom stereocenters. The second kappa shape index (κ2) is 2.85. The lowest BCUT2D eigenvalue weighted by atomic mass is 10.2. The topological polar surface area (TPSA) is 34.9 Å². The summed E-state index contributed by atoms with van der Waals surface area (Å²) in [6.45, 7) is 0. The highest BCUT2D eigenvalue weighted by atomic mass is 35.5. The molecule has 1 aromatic heterocycles. The normalized spacial score (nSPS) is 10.6. The maximum Gasteiger partial charge on any atom is 0.152 e. The van der Waals surface area contributed by atoms with Crippen LogP contribution in [0.2, 0.25) is 5.02 Å². The highest BCUT2D eigenvalue weighted by molar-refractivity contribution is 6.31. The summed E-state index contributed by atoms with van der Waals surface area (Å²) in [6.07, 6.45) is 2.59. The molecule has 2 aromatic rings. The van der Waals surface area contributed by atoms with Gasteiger partial charge in [-0.15, -0.1) is 0 Å². The van der Waals surface area contributed by atoms with E-state index in [2.05, 4.69) is 5.10 Å². The predicted molar refractivity (Wildman–Crippen MR) is 51.1 cm³/mol. The summed E-state index contributed by atoms with van der Waals surface area (Å²) in [5.41, 5.74) is 1.23. The minimum atomic E-state index is 0.531. The van der Waals surface area contributed by atoms with E-state index in [-0.39, 0.29) is 0 Å². The summed E-state index contributed by atoms with van der Waals surface area (Å²) in [7, 11) is 1.81. The molecule has 0 aliphatic carbocycles. The number of rotatable bonds is 1. The molecular formula is C9H7ClN2O. The van der Waals surface area contributed by atoms with Gasteiger partial charge in [0.15, 0.2) is 6.29 Å². The number of aryl methyl sites for hydroxylation is 1. The smallest absolute Gasteiger partial charge is 0.152 e. The van der Waals surface area contributed by atoms with Gasteiger partial charge in [-0.05, 0) is 12.1 Å². The van der Waals surface area contributed by atoms with Gasteiger partial charge in [0.05, 0.1) is 0 Å². The molecule has 2 rings (SSSR count). The number of fused-ring (bicyclic) bond motifs is 1. The first-order chi connectivity index (χ1) is 6.20. The van der Waals surface area contributed by atoms with Crippen LogP contribution in [0.4, 0.5) is 0 Å². The Balaban J connectivity index is 2.88. The number of carbonyl (C=O) groups excluding carboxylic acids is 1. The van der Waals surface area contributed by atoms with Crippen LogP contribution in [0, 0.1) is 0 Å². The first-order valence-corrected chi connectivity index (χ1v) is 4.16. The monoisotopic (exact) mass is 194 g/mol. The zero-order valence-corrected chi connectivity index (χ0v) is 7.75. The summed E-state index contributed by atoms with van der Waals surface area (Å²) < 4.78 is 1.66. The highest BCUT2D eigenvalue weighted by Gasteiger charge is 2.05. The van der Waals surface area contributed by atoms with Crippen LogP contribution in [-0.4, -0.2) is 16.1 Å². The zero-order valence-electron chi connectivity index (χ0n) is 6.99. The lowest BCUT2D eigenvalue weighted by Crippen LogP contribution is -1.87. The Morgan fingerprint density at radius 1 is 1.54 bits per heavy atom. The lowest BCUT2D eigenvalue weighted by Gasteiger charge is -1.93. The van der Waals surface area contributed by atoms with E-state index in [4.69, 9.17) is 11.6 Å². The first-order valence-electron chi connectivity index (χ1n) is 3.79. The average molecular weight is 195 g/mol. The number of aromatic nitrogens is 2. The molecule has 0 aliphatic rings. The molecule has 0 aliphatic heterocycles. The minimum Gasteiger partial charge on any atom is -0.298 e. The zero-order chi connectivity index (χ0) is 9.42. The third kappa shape index (κ3) is 1.31. The van der Waals surface area contributed by atoms with Crippen molar-refractivity contribution in [3.63, 3.8) is 0 Å². The summed E-state index contributed by atoms with van der Waals surface area (Å²) in [4.78, 5) is 10.7. The molecule has 66 valence electrons. The number of nitrogens with zero attached hydrogens (tertiary/aromatic N) is 2. The van der Waals surface area contributed by atoms with Crippen molar-refractivity contribution in [2.24, 2.45) is 7.05 Å². The maximum absolute atomic E-state index is 10.7. The van der Waals surface area contributed by atoms with Gasteiger partial charge >= 0.3 is 0 Å². The molecular weight excluding hydrogens is 188 g/mol. The molecule has 1 heterocycles. The number of hydrogen-bond acceptors (Lipinski definition) is 2. The highest BCUT2D eigenvalue weighted by Crippen LogP contribution is 2.21. The summed E-state index contributed by atoms with van der Waals surface area (Å²) in [5, 5.41) is 5.60. The van der Waals surface area contributed by atoms with Crippen LogP contribution < -0.4 is 0 Å². The Morgan fingerprint density at radius 2 is 2.31 bits per heavy atom. The molecule has 3 nitrogen and oxygen atoms in total. The molecule has 0 spiro atoms. The van der Waals surface area contributed by atoms with Crippen LogP contribution >= 0.6 is 11.6 Å². The molecule has 0 saturated heterocycles. The van der Waals surface area contributed by atoms with Gasteiger partial charge in [0.25, 0.3) is 0 Å². The first kappa shape index (κ1) is 8.26. The van der Waals surface area contributed by atoms with Crippen molar-refractivity contribution < 1.29 is 4.79 Å². The van der Waals surface area contributed by atoms with Crippen LogP contribution in [0.15, 0.2) is 18.3 Å². The number of aldehydes is 1. The fraction of sp³-hybridized carbons (Fsp3) is 0.111. The molecule has 0 unspecified atom stereocenters. The van der Waals surface area contributed by atoms with Crippen LogP contribution in [0.3, 0.4) is 0 Å². The third-order valence-electron chi connectivity index (χ3n) is 1.84. The van der Waals surface area contributed by atoms with Gasteiger partial charge < -0.3 is 0 Å². The van der Waals surface area contributed by atoms with Crippen molar-refractivity contribution in [2.75, 3.05) is 0 Å². The van der Waals surface area contributed by atoms with Crippen molar-refractivity contribution in [1.82, 2.24) is 9.78 Å². The SMILES string of the molecule is Cn1cc2cc(Cl)cc(C=O)c2n1. The molecule has 0 radical (unpaired) electrons. The van der Waals surface area contributed by atoms with E-state index in [1.165, 1.54) is 0 Å². The van der Waals surface area contributed by atoms with Crippen LogP contribution in [0.25, 0.3) is 10.9 Å². The molecule has 0 fully saturated rings. The second-order valence-electron chi connectivity index (χ2n) is 2.85. The fourth-order valence-electron chi connectivity index (χ4n) is 1.33. The summed E-state index contributed by atoms with van der Waals surface area (Å²) in [6, 6.07) is 3.40. The quantitative estimate of drug-likeness (QED) is 0.652. The van der Waals surface area contributed by atoms with Crippen molar-refractivity contribution >= 4 is 28.8 Å². The van der Waals surface area contributed by atoms with E-state index in [9.17, 15) is 4.79 Å². The molecule has 0 amide bonds. The van der Waals surface area contributed by atoms with Crippen LogP contribution in [0.5, 0.6) is 0 Å². The Morgan fingerprint density at radius 3 is 3.00 bits per heavy atom. The van der Waals surface area contributed by atoms with Gasteiger partial charge in [0.1, 0.15) is 5.52 Å². The van der Waals surface area contributed by atoms with Gasteiger partial charge in [-0.2, -0.15) is 5.10 Å².